The summed E-state index contributed by atoms with van der Waals surface area (Å²) in [6.07, 6.45) is -1.44. The van der Waals surface area contributed by atoms with E-state index >= 15 is 0 Å². The Kier molecular flexibility index (Phi) is 4.61. The molecule has 12 heteroatoms. The number of halogens is 4. The van der Waals surface area contributed by atoms with Crippen LogP contribution in [-0.2, 0) is 6.18 Å². The second-order valence-electron chi connectivity index (χ2n) is 6.16. The van der Waals surface area contributed by atoms with Gasteiger partial charge >= 0.3 is 6.18 Å². The first kappa shape index (κ1) is 19.1. The van der Waals surface area contributed by atoms with Crippen LogP contribution in [0.15, 0.2) is 35.0 Å². The molecule has 0 aliphatic heterocycles. The molecule has 0 spiro atoms. The van der Waals surface area contributed by atoms with Gasteiger partial charge in [0.25, 0.3) is 12.0 Å². The second kappa shape index (κ2) is 6.99. The summed E-state index contributed by atoms with van der Waals surface area (Å²) in [6, 6.07) is 3.16. The van der Waals surface area contributed by atoms with Gasteiger partial charge in [0, 0.05) is 18.5 Å². The standard InChI is InChI=1S/C17H13ClF3N7O/c1-8(14-25-9(2)27-28(14)15-22-4-3-5-23-15)24-16-26-12-6-10(17(19,20)21)11(18)7-13(12)29-16/h3-8H,1-2H3,(H,24,26). The molecule has 4 aromatic rings. The Labute approximate surface area is 166 Å². The zero-order chi connectivity index (χ0) is 20.8. The Morgan fingerprint density at radius 3 is 2.59 bits per heavy atom. The smallest absolute Gasteiger partial charge is 0.417 e. The van der Waals surface area contributed by atoms with Gasteiger partial charge in [-0.2, -0.15) is 22.8 Å². The van der Waals surface area contributed by atoms with Crippen molar-refractivity contribution in [3.8, 4) is 5.95 Å². The zero-order valence-corrected chi connectivity index (χ0v) is 15.8. The molecule has 1 aromatic carbocycles. The maximum Gasteiger partial charge on any atom is 0.417 e. The molecule has 1 N–H and O–H groups in total. The number of rotatable bonds is 4. The number of hydrogen-bond acceptors (Lipinski definition) is 7. The van der Waals surface area contributed by atoms with E-state index in [1.54, 1.807) is 32.3 Å². The predicted octanol–water partition coefficient (Wildman–Crippen LogP) is 4.35. The van der Waals surface area contributed by atoms with Gasteiger partial charge in [-0.3, -0.25) is 0 Å². The van der Waals surface area contributed by atoms with Gasteiger partial charge in [0.05, 0.1) is 16.6 Å². The monoisotopic (exact) mass is 423 g/mol. The highest BCUT2D eigenvalue weighted by atomic mass is 35.5. The first-order valence-corrected chi connectivity index (χ1v) is 8.75. The van der Waals surface area contributed by atoms with Crippen molar-refractivity contribution in [3.63, 3.8) is 0 Å². The molecule has 0 saturated carbocycles. The summed E-state index contributed by atoms with van der Waals surface area (Å²) in [7, 11) is 0. The summed E-state index contributed by atoms with van der Waals surface area (Å²) in [6.45, 7) is 3.49. The number of oxazole rings is 1. The van der Waals surface area contributed by atoms with Crippen molar-refractivity contribution >= 4 is 28.7 Å². The normalized spacial score (nSPS) is 13.0. The lowest BCUT2D eigenvalue weighted by atomic mass is 10.2. The van der Waals surface area contributed by atoms with Crippen LogP contribution >= 0.6 is 11.6 Å². The first-order valence-electron chi connectivity index (χ1n) is 8.37. The average molecular weight is 424 g/mol. The molecule has 0 aliphatic rings. The summed E-state index contributed by atoms with van der Waals surface area (Å²) in [5, 5.41) is 6.79. The van der Waals surface area contributed by atoms with E-state index < -0.39 is 22.8 Å². The van der Waals surface area contributed by atoms with Crippen molar-refractivity contribution in [3.05, 3.63) is 52.8 Å². The molecule has 1 unspecified atom stereocenters. The van der Waals surface area contributed by atoms with E-state index in [0.29, 0.717) is 17.6 Å². The lowest BCUT2D eigenvalue weighted by Crippen LogP contribution is -2.15. The van der Waals surface area contributed by atoms with Crippen LogP contribution in [0.3, 0.4) is 0 Å². The van der Waals surface area contributed by atoms with Crippen LogP contribution in [0.2, 0.25) is 5.02 Å². The average Bonchev–Trinajstić information content (AvgIpc) is 3.23. The van der Waals surface area contributed by atoms with Crippen molar-refractivity contribution < 1.29 is 17.6 Å². The van der Waals surface area contributed by atoms with E-state index in [-0.39, 0.29) is 17.1 Å². The van der Waals surface area contributed by atoms with Gasteiger partial charge in [-0.1, -0.05) is 11.6 Å². The molecule has 1 atom stereocenters. The van der Waals surface area contributed by atoms with Crippen LogP contribution in [0, 0.1) is 6.92 Å². The number of nitrogens with one attached hydrogen (secondary N) is 1. The van der Waals surface area contributed by atoms with Gasteiger partial charge in [0.15, 0.2) is 11.4 Å². The zero-order valence-electron chi connectivity index (χ0n) is 15.1. The molecule has 4 rings (SSSR count). The number of benzene rings is 1. The SMILES string of the molecule is Cc1nc(C(C)Nc2nc3cc(C(F)(F)F)c(Cl)cc3o2)n(-c2ncccn2)n1. The summed E-state index contributed by atoms with van der Waals surface area (Å²) in [4.78, 5) is 16.7. The molecule has 3 heterocycles. The van der Waals surface area contributed by atoms with Crippen LogP contribution < -0.4 is 5.32 Å². The second-order valence-corrected chi connectivity index (χ2v) is 6.57. The van der Waals surface area contributed by atoms with E-state index in [1.807, 2.05) is 0 Å². The van der Waals surface area contributed by atoms with Crippen LogP contribution in [0.4, 0.5) is 19.2 Å². The largest absolute Gasteiger partial charge is 0.423 e. The summed E-state index contributed by atoms with van der Waals surface area (Å²) < 4.78 is 46.1. The summed E-state index contributed by atoms with van der Waals surface area (Å²) in [5.74, 6) is 1.31. The van der Waals surface area contributed by atoms with Gasteiger partial charge in [-0.25, -0.2) is 15.0 Å². The minimum Gasteiger partial charge on any atom is -0.423 e. The molecule has 0 saturated heterocycles. The van der Waals surface area contributed by atoms with Gasteiger partial charge in [0.2, 0.25) is 0 Å². The Morgan fingerprint density at radius 2 is 1.90 bits per heavy atom. The summed E-state index contributed by atoms with van der Waals surface area (Å²) in [5.41, 5.74) is -0.821. The topological polar surface area (TPSA) is 94.6 Å². The minimum atomic E-state index is -4.59. The third-order valence-corrected chi connectivity index (χ3v) is 4.30. The van der Waals surface area contributed by atoms with E-state index in [9.17, 15) is 13.2 Å². The predicted molar refractivity (Wildman–Crippen MR) is 97.7 cm³/mol. The van der Waals surface area contributed by atoms with Crippen molar-refractivity contribution in [1.29, 1.82) is 0 Å². The molecule has 0 radical (unpaired) electrons. The molecule has 8 nitrogen and oxygen atoms in total. The van der Waals surface area contributed by atoms with E-state index in [2.05, 4.69) is 30.4 Å². The van der Waals surface area contributed by atoms with Crippen LogP contribution in [-0.4, -0.2) is 29.7 Å². The lowest BCUT2D eigenvalue weighted by molar-refractivity contribution is -0.137. The van der Waals surface area contributed by atoms with E-state index in [4.69, 9.17) is 16.0 Å². The maximum atomic E-state index is 13.0. The number of fused-ring (bicyclic) bond motifs is 1. The molecule has 29 heavy (non-hydrogen) atoms. The Morgan fingerprint density at radius 1 is 1.17 bits per heavy atom. The highest BCUT2D eigenvalue weighted by Gasteiger charge is 2.34. The van der Waals surface area contributed by atoms with Crippen LogP contribution in [0.1, 0.15) is 30.2 Å². The van der Waals surface area contributed by atoms with Crippen molar-refractivity contribution in [2.75, 3.05) is 5.32 Å². The van der Waals surface area contributed by atoms with Crippen LogP contribution in [0.25, 0.3) is 17.0 Å². The molecule has 0 aliphatic carbocycles. The van der Waals surface area contributed by atoms with Crippen LogP contribution in [0.5, 0.6) is 0 Å². The fourth-order valence-corrected chi connectivity index (χ4v) is 3.00. The lowest BCUT2D eigenvalue weighted by Gasteiger charge is -2.11. The number of hydrogen-bond donors (Lipinski definition) is 1. The number of nitrogens with zero attached hydrogens (tertiary/aromatic N) is 6. The molecule has 0 fully saturated rings. The molecule has 0 bridgehead atoms. The highest BCUT2D eigenvalue weighted by Crippen LogP contribution is 2.37. The van der Waals surface area contributed by atoms with Crippen molar-refractivity contribution in [1.82, 2.24) is 29.7 Å². The number of alkyl halides is 3. The Balaban J connectivity index is 1.66. The molecule has 3 aromatic heterocycles. The Hall–Kier alpha value is -3.21. The fraction of sp³-hybridized carbons (Fsp3) is 0.235. The number of aryl methyl sites for hydroxylation is 1. The summed E-state index contributed by atoms with van der Waals surface area (Å²) >= 11 is 5.73. The van der Waals surface area contributed by atoms with Gasteiger partial charge in [0.1, 0.15) is 11.3 Å². The fourth-order valence-electron chi connectivity index (χ4n) is 2.74. The van der Waals surface area contributed by atoms with E-state index in [0.717, 1.165) is 12.1 Å². The van der Waals surface area contributed by atoms with Gasteiger partial charge in [-0.15, -0.1) is 5.10 Å². The van der Waals surface area contributed by atoms with Crippen molar-refractivity contribution in [2.45, 2.75) is 26.1 Å². The molecule has 0 amide bonds. The van der Waals surface area contributed by atoms with E-state index in [1.165, 1.54) is 4.68 Å². The number of anilines is 1. The first-order chi connectivity index (χ1) is 13.7. The van der Waals surface area contributed by atoms with Gasteiger partial charge in [-0.05, 0) is 26.0 Å². The molecular formula is C17H13ClF3N7O. The third-order valence-electron chi connectivity index (χ3n) is 3.99. The maximum absolute atomic E-state index is 13.0. The highest BCUT2D eigenvalue weighted by molar-refractivity contribution is 6.32. The molecule has 150 valence electrons. The minimum absolute atomic E-state index is 0.0177. The number of aromatic nitrogens is 6. The molecular weight excluding hydrogens is 411 g/mol. The third kappa shape index (κ3) is 3.73. The quantitative estimate of drug-likeness (QED) is 0.521. The Bertz CT molecular complexity index is 1170. The van der Waals surface area contributed by atoms with Crippen molar-refractivity contribution in [2.24, 2.45) is 0 Å². The van der Waals surface area contributed by atoms with Gasteiger partial charge < -0.3 is 9.73 Å².